The third-order valence-electron chi connectivity index (χ3n) is 7.51. The van der Waals surface area contributed by atoms with Crippen LogP contribution in [0.1, 0.15) is 118 Å². The summed E-state index contributed by atoms with van der Waals surface area (Å²) >= 11 is 0. The maximum Gasteiger partial charge on any atom is 0.195 e. The van der Waals surface area contributed by atoms with Crippen LogP contribution in [0.15, 0.2) is 0 Å². The SMILES string of the molecule is CCCCCCCCCCc1c(C)c(C)c(-c2nnc3c(C#N)c(C(C)(C)C)[nH]n23)c(C)c1C. The van der Waals surface area contributed by atoms with Crippen LogP contribution in [-0.4, -0.2) is 19.8 Å². The normalized spacial score (nSPS) is 12.0. The predicted octanol–water partition coefficient (Wildman–Crippen LogP) is 7.81. The average Bonchev–Trinajstić information content (AvgIpc) is 3.36. The number of nitrogens with zero attached hydrogens (tertiary/aromatic N) is 4. The molecule has 1 N–H and O–H groups in total. The molecule has 0 amide bonds. The molecule has 2 heterocycles. The van der Waals surface area contributed by atoms with Gasteiger partial charge >= 0.3 is 0 Å². The van der Waals surface area contributed by atoms with Crippen LogP contribution in [0.3, 0.4) is 0 Å². The van der Waals surface area contributed by atoms with Crippen LogP contribution in [-0.2, 0) is 11.8 Å². The van der Waals surface area contributed by atoms with E-state index in [0.717, 1.165) is 23.5 Å². The van der Waals surface area contributed by atoms with Crippen molar-refractivity contribution in [3.8, 4) is 17.5 Å². The molecule has 0 aliphatic carbocycles. The highest BCUT2D eigenvalue weighted by molar-refractivity contribution is 5.73. The Labute approximate surface area is 206 Å². The van der Waals surface area contributed by atoms with Crippen LogP contribution < -0.4 is 0 Å². The van der Waals surface area contributed by atoms with E-state index in [-0.39, 0.29) is 5.41 Å². The third-order valence-corrected chi connectivity index (χ3v) is 7.51. The van der Waals surface area contributed by atoms with E-state index >= 15 is 0 Å². The Morgan fingerprint density at radius 3 is 1.91 bits per heavy atom. The number of aromatic amines is 1. The lowest BCUT2D eigenvalue weighted by molar-refractivity contribution is 0.561. The van der Waals surface area contributed by atoms with E-state index < -0.39 is 0 Å². The molecule has 0 bridgehead atoms. The quantitative estimate of drug-likeness (QED) is 0.313. The van der Waals surface area contributed by atoms with E-state index in [4.69, 9.17) is 0 Å². The van der Waals surface area contributed by atoms with Crippen LogP contribution >= 0.6 is 0 Å². The van der Waals surface area contributed by atoms with Crippen LogP contribution in [0.5, 0.6) is 0 Å². The molecule has 2 aromatic heterocycles. The molecule has 0 aliphatic rings. The highest BCUT2D eigenvalue weighted by atomic mass is 15.4. The molecule has 1 aromatic carbocycles. The molecule has 0 saturated carbocycles. The first-order chi connectivity index (χ1) is 16.1. The first-order valence-electron chi connectivity index (χ1n) is 13.1. The molecule has 184 valence electrons. The Hall–Kier alpha value is -2.61. The van der Waals surface area contributed by atoms with Gasteiger partial charge in [0.1, 0.15) is 11.6 Å². The first-order valence-corrected chi connectivity index (χ1v) is 13.1. The van der Waals surface area contributed by atoms with Gasteiger partial charge in [0.2, 0.25) is 0 Å². The van der Waals surface area contributed by atoms with Crippen molar-refractivity contribution >= 4 is 5.65 Å². The van der Waals surface area contributed by atoms with E-state index in [9.17, 15) is 5.26 Å². The number of rotatable bonds is 10. The highest BCUT2D eigenvalue weighted by Crippen LogP contribution is 2.36. The molecular weight excluding hydrogens is 418 g/mol. The van der Waals surface area contributed by atoms with Crippen LogP contribution in [0.4, 0.5) is 0 Å². The maximum atomic E-state index is 9.81. The number of hydrogen-bond acceptors (Lipinski definition) is 3. The molecule has 0 radical (unpaired) electrons. The second kappa shape index (κ2) is 10.8. The van der Waals surface area contributed by atoms with E-state index in [0.29, 0.717) is 11.2 Å². The van der Waals surface area contributed by atoms with E-state index in [1.807, 2.05) is 4.52 Å². The number of aromatic nitrogens is 4. The Bertz CT molecular complexity index is 1150. The van der Waals surface area contributed by atoms with Crippen molar-refractivity contribution in [3.05, 3.63) is 39.1 Å². The van der Waals surface area contributed by atoms with Crippen molar-refractivity contribution in [1.29, 1.82) is 5.26 Å². The highest BCUT2D eigenvalue weighted by Gasteiger charge is 2.27. The van der Waals surface area contributed by atoms with Gasteiger partial charge in [-0.25, -0.2) is 4.52 Å². The van der Waals surface area contributed by atoms with Gasteiger partial charge in [0, 0.05) is 11.0 Å². The number of fused-ring (bicyclic) bond motifs is 1. The van der Waals surface area contributed by atoms with Gasteiger partial charge in [-0.15, -0.1) is 10.2 Å². The fraction of sp³-hybridized carbons (Fsp3) is 0.621. The molecule has 5 nitrogen and oxygen atoms in total. The van der Waals surface area contributed by atoms with E-state index in [1.54, 1.807) is 0 Å². The molecule has 0 fully saturated rings. The largest absolute Gasteiger partial charge is 0.293 e. The molecule has 0 saturated heterocycles. The van der Waals surface area contributed by atoms with Gasteiger partial charge in [-0.3, -0.25) is 5.10 Å². The zero-order valence-electron chi connectivity index (χ0n) is 22.7. The lowest BCUT2D eigenvalue weighted by Gasteiger charge is -2.20. The Morgan fingerprint density at radius 2 is 1.38 bits per heavy atom. The molecule has 34 heavy (non-hydrogen) atoms. The number of unbranched alkanes of at least 4 members (excludes halogenated alkanes) is 7. The number of nitrogens with one attached hydrogen (secondary N) is 1. The minimum Gasteiger partial charge on any atom is -0.293 e. The monoisotopic (exact) mass is 461 g/mol. The second-order valence-corrected chi connectivity index (χ2v) is 11.0. The van der Waals surface area contributed by atoms with Crippen molar-refractivity contribution in [2.45, 2.75) is 119 Å². The van der Waals surface area contributed by atoms with Gasteiger partial charge in [-0.05, 0) is 68.4 Å². The molecule has 0 unspecified atom stereocenters. The summed E-state index contributed by atoms with van der Waals surface area (Å²) in [5, 5.41) is 22.2. The van der Waals surface area contributed by atoms with Crippen LogP contribution in [0.2, 0.25) is 0 Å². The Kier molecular flexibility index (Phi) is 8.23. The molecule has 3 aromatic rings. The summed E-state index contributed by atoms with van der Waals surface area (Å²) in [6.45, 7) is 17.5. The van der Waals surface area contributed by atoms with Crippen molar-refractivity contribution < 1.29 is 0 Å². The van der Waals surface area contributed by atoms with Gasteiger partial charge < -0.3 is 0 Å². The van der Waals surface area contributed by atoms with Gasteiger partial charge in [-0.2, -0.15) is 5.26 Å². The minimum atomic E-state index is -0.182. The van der Waals surface area contributed by atoms with Crippen molar-refractivity contribution in [1.82, 2.24) is 19.8 Å². The summed E-state index contributed by atoms with van der Waals surface area (Å²) in [7, 11) is 0. The average molecular weight is 462 g/mol. The van der Waals surface area contributed by atoms with Crippen molar-refractivity contribution in [2.75, 3.05) is 0 Å². The van der Waals surface area contributed by atoms with Gasteiger partial charge in [0.05, 0.1) is 5.69 Å². The molecule has 5 heteroatoms. The smallest absolute Gasteiger partial charge is 0.195 e. The van der Waals surface area contributed by atoms with Gasteiger partial charge in [0.15, 0.2) is 11.5 Å². The van der Waals surface area contributed by atoms with E-state index in [2.05, 4.69) is 76.8 Å². The second-order valence-electron chi connectivity index (χ2n) is 11.0. The zero-order valence-corrected chi connectivity index (χ0v) is 22.7. The standard InChI is InChI=1S/C29H43N5/c1-9-10-11-12-13-14-15-16-17-23-19(2)21(4)25(22(5)20(23)3)28-32-31-27-24(18-30)26(29(6,7)8)33-34(27)28/h33H,9-17H2,1-8H3. The van der Waals surface area contributed by atoms with Gasteiger partial charge in [0.25, 0.3) is 0 Å². The lowest BCUT2D eigenvalue weighted by atomic mass is 9.86. The zero-order chi connectivity index (χ0) is 25.0. The molecule has 0 aliphatic heterocycles. The summed E-state index contributed by atoms with van der Waals surface area (Å²) < 4.78 is 1.91. The fourth-order valence-corrected chi connectivity index (χ4v) is 5.18. The van der Waals surface area contributed by atoms with Crippen molar-refractivity contribution in [3.63, 3.8) is 0 Å². The van der Waals surface area contributed by atoms with Crippen molar-refractivity contribution in [2.24, 2.45) is 0 Å². The van der Waals surface area contributed by atoms with E-state index in [1.165, 1.54) is 79.2 Å². The predicted molar refractivity (Wildman–Crippen MR) is 141 cm³/mol. The Morgan fingerprint density at radius 1 is 0.824 bits per heavy atom. The minimum absolute atomic E-state index is 0.182. The molecule has 0 atom stereocenters. The summed E-state index contributed by atoms with van der Waals surface area (Å²) in [6.07, 6.45) is 11.9. The third kappa shape index (κ3) is 5.06. The lowest BCUT2D eigenvalue weighted by Crippen LogP contribution is -2.14. The van der Waals surface area contributed by atoms with Crippen LogP contribution in [0.25, 0.3) is 17.0 Å². The number of nitriles is 1. The maximum absolute atomic E-state index is 9.81. The number of hydrogen-bond donors (Lipinski definition) is 1. The summed E-state index contributed by atoms with van der Waals surface area (Å²) in [5.41, 5.74) is 9.78. The first kappa shape index (κ1) is 26.0. The topological polar surface area (TPSA) is 69.8 Å². The van der Waals surface area contributed by atoms with Crippen LogP contribution in [0, 0.1) is 39.0 Å². The Balaban J connectivity index is 1.88. The summed E-state index contributed by atoms with van der Waals surface area (Å²) in [4.78, 5) is 0. The summed E-state index contributed by atoms with van der Waals surface area (Å²) in [6, 6.07) is 2.34. The summed E-state index contributed by atoms with van der Waals surface area (Å²) in [5.74, 6) is 0.793. The fourth-order valence-electron chi connectivity index (χ4n) is 5.18. The van der Waals surface area contributed by atoms with Gasteiger partial charge in [-0.1, -0.05) is 72.6 Å². The number of benzene rings is 1. The molecular formula is C29H43N5. The molecule has 3 rings (SSSR count). The molecule has 0 spiro atoms. The number of H-pyrrole nitrogens is 1.